The van der Waals surface area contributed by atoms with Crippen LogP contribution in [-0.4, -0.2) is 38.7 Å². The lowest BCUT2D eigenvalue weighted by Crippen LogP contribution is -2.22. The summed E-state index contributed by atoms with van der Waals surface area (Å²) in [5.41, 5.74) is 8.04. The average molecular weight is 416 g/mol. The number of carbonyl (C=O) groups is 1. The molecule has 0 aliphatic heterocycles. The molecule has 0 unspecified atom stereocenters. The molecule has 2 aromatic heterocycles. The molecule has 11 heteroatoms. The van der Waals surface area contributed by atoms with Crippen LogP contribution in [0.25, 0.3) is 22.3 Å². The van der Waals surface area contributed by atoms with E-state index in [1.165, 1.54) is 6.07 Å². The van der Waals surface area contributed by atoms with Crippen LogP contribution in [0.5, 0.6) is 0 Å². The first-order valence-corrected chi connectivity index (χ1v) is 7.93. The monoisotopic (exact) mass is 415 g/mol. The van der Waals surface area contributed by atoms with Gasteiger partial charge in [-0.3, -0.25) is 0 Å². The van der Waals surface area contributed by atoms with Crippen molar-refractivity contribution in [2.75, 3.05) is 11.9 Å². The highest BCUT2D eigenvalue weighted by Crippen LogP contribution is 2.29. The van der Waals surface area contributed by atoms with E-state index in [2.05, 4.69) is 20.3 Å². The minimum Gasteiger partial charge on any atom is -0.478 e. The van der Waals surface area contributed by atoms with Gasteiger partial charge in [0, 0.05) is 23.5 Å². The highest BCUT2D eigenvalue weighted by molar-refractivity contribution is 5.95. The quantitative estimate of drug-likeness (QED) is 0.507. The van der Waals surface area contributed by atoms with Crippen LogP contribution in [0.15, 0.2) is 24.3 Å². The van der Waals surface area contributed by atoms with Crippen molar-refractivity contribution >= 4 is 35.2 Å². The predicted molar refractivity (Wildman–Crippen MR) is 101 cm³/mol. The first-order chi connectivity index (χ1) is 12.7. The van der Waals surface area contributed by atoms with Crippen molar-refractivity contribution in [3.63, 3.8) is 0 Å². The summed E-state index contributed by atoms with van der Waals surface area (Å²) >= 11 is 0. The third kappa shape index (κ3) is 4.34. The lowest BCUT2D eigenvalue weighted by molar-refractivity contribution is -0.115. The number of fused-ring (bicyclic) bond motifs is 1. The molecule has 3 aromatic rings. The zero-order valence-corrected chi connectivity index (χ0v) is 15.4. The SMILES string of the molecule is Cc1nc2cccc(-c3cc(C(=O)O)c(CN)[nH]3)c2nc1NCC(F)(F)F.Cl. The molecule has 5 N–H and O–H groups in total. The normalized spacial score (nSPS) is 11.3. The zero-order valence-electron chi connectivity index (χ0n) is 14.6. The largest absolute Gasteiger partial charge is 0.478 e. The molecule has 0 fully saturated rings. The topological polar surface area (TPSA) is 117 Å². The van der Waals surface area contributed by atoms with Gasteiger partial charge in [0.1, 0.15) is 17.9 Å². The number of aromatic carboxylic acids is 1. The molecule has 0 radical (unpaired) electrons. The number of hydrogen-bond donors (Lipinski definition) is 4. The summed E-state index contributed by atoms with van der Waals surface area (Å²) in [7, 11) is 0. The fraction of sp³-hybridized carbons (Fsp3) is 0.235. The van der Waals surface area contributed by atoms with Crippen LogP contribution in [0.1, 0.15) is 21.7 Å². The molecule has 0 atom stereocenters. The number of aryl methyl sites for hydroxylation is 1. The number of alkyl halides is 3. The van der Waals surface area contributed by atoms with Gasteiger partial charge in [-0.2, -0.15) is 13.2 Å². The molecule has 0 aliphatic rings. The summed E-state index contributed by atoms with van der Waals surface area (Å²) in [5.74, 6) is -1.12. The Labute approximate surface area is 163 Å². The number of carboxylic acid groups (broad SMARTS) is 1. The maximum absolute atomic E-state index is 12.5. The molecule has 0 amide bonds. The zero-order chi connectivity index (χ0) is 19.8. The van der Waals surface area contributed by atoms with Gasteiger partial charge >= 0.3 is 12.1 Å². The standard InChI is InChI=1S/C17H16F3N5O2.ClH/c1-8-15(22-7-17(18,19)20)25-14-9(3-2-4-11(14)23-8)12-5-10(16(26)27)13(6-21)24-12;/h2-5,24H,6-7,21H2,1H3,(H,22,25)(H,26,27);1H. The van der Waals surface area contributed by atoms with Crippen LogP contribution in [0.4, 0.5) is 19.0 Å². The number of hydrogen-bond acceptors (Lipinski definition) is 5. The highest BCUT2D eigenvalue weighted by Gasteiger charge is 2.27. The second-order valence-corrected chi connectivity index (χ2v) is 5.88. The molecule has 3 rings (SSSR count). The van der Waals surface area contributed by atoms with Crippen molar-refractivity contribution in [3.05, 3.63) is 41.2 Å². The van der Waals surface area contributed by atoms with E-state index in [0.717, 1.165) is 0 Å². The van der Waals surface area contributed by atoms with Crippen molar-refractivity contribution in [2.45, 2.75) is 19.6 Å². The molecule has 1 aromatic carbocycles. The van der Waals surface area contributed by atoms with E-state index in [1.54, 1.807) is 25.1 Å². The molecule has 0 bridgehead atoms. The number of aromatic nitrogens is 3. The van der Waals surface area contributed by atoms with E-state index in [4.69, 9.17) is 5.73 Å². The van der Waals surface area contributed by atoms with Gasteiger partial charge in [-0.1, -0.05) is 12.1 Å². The minimum absolute atomic E-state index is 0. The Kier molecular flexibility index (Phi) is 6.15. The third-order valence-electron chi connectivity index (χ3n) is 3.95. The Balaban J connectivity index is 0.00000280. The number of rotatable bonds is 5. The van der Waals surface area contributed by atoms with Crippen molar-refractivity contribution < 1.29 is 23.1 Å². The van der Waals surface area contributed by atoms with E-state index >= 15 is 0 Å². The molecular formula is C17H17ClF3N5O2. The summed E-state index contributed by atoms with van der Waals surface area (Å²) in [6, 6.07) is 6.48. The number of benzene rings is 1. The Morgan fingerprint density at radius 2 is 2.04 bits per heavy atom. The maximum Gasteiger partial charge on any atom is 0.405 e. The lowest BCUT2D eigenvalue weighted by atomic mass is 10.1. The fourth-order valence-corrected chi connectivity index (χ4v) is 2.73. The molecule has 0 saturated heterocycles. The molecule has 150 valence electrons. The predicted octanol–water partition coefficient (Wildman–Crippen LogP) is 3.49. The molecule has 7 nitrogen and oxygen atoms in total. The highest BCUT2D eigenvalue weighted by atomic mass is 35.5. The fourth-order valence-electron chi connectivity index (χ4n) is 2.73. The van der Waals surface area contributed by atoms with Crippen LogP contribution in [0.3, 0.4) is 0 Å². The number of para-hydroxylation sites is 1. The van der Waals surface area contributed by atoms with Crippen LogP contribution in [0, 0.1) is 6.92 Å². The van der Waals surface area contributed by atoms with Crippen LogP contribution in [-0.2, 0) is 6.54 Å². The number of aromatic amines is 1. The molecule has 0 spiro atoms. The van der Waals surface area contributed by atoms with Crippen molar-refractivity contribution in [3.8, 4) is 11.3 Å². The van der Waals surface area contributed by atoms with Crippen molar-refractivity contribution in [2.24, 2.45) is 5.73 Å². The molecule has 2 heterocycles. The van der Waals surface area contributed by atoms with E-state index < -0.39 is 18.7 Å². The number of nitrogens with zero attached hydrogens (tertiary/aromatic N) is 2. The van der Waals surface area contributed by atoms with Crippen molar-refractivity contribution in [1.82, 2.24) is 15.0 Å². The van der Waals surface area contributed by atoms with Gasteiger partial charge in [0.2, 0.25) is 0 Å². The van der Waals surface area contributed by atoms with Crippen LogP contribution in [0.2, 0.25) is 0 Å². The number of nitrogens with one attached hydrogen (secondary N) is 2. The lowest BCUT2D eigenvalue weighted by Gasteiger charge is -2.12. The Morgan fingerprint density at radius 1 is 1.32 bits per heavy atom. The smallest absolute Gasteiger partial charge is 0.405 e. The summed E-state index contributed by atoms with van der Waals surface area (Å²) in [5, 5.41) is 11.5. The second-order valence-electron chi connectivity index (χ2n) is 5.88. The van der Waals surface area contributed by atoms with Crippen molar-refractivity contribution in [1.29, 1.82) is 0 Å². The van der Waals surface area contributed by atoms with E-state index in [0.29, 0.717) is 33.7 Å². The van der Waals surface area contributed by atoms with E-state index in [9.17, 15) is 23.1 Å². The first-order valence-electron chi connectivity index (χ1n) is 7.93. The minimum atomic E-state index is -4.39. The number of H-pyrrole nitrogens is 1. The van der Waals surface area contributed by atoms with Crippen LogP contribution < -0.4 is 11.1 Å². The van der Waals surface area contributed by atoms with Gasteiger partial charge in [-0.05, 0) is 19.1 Å². The first kappa shape index (κ1) is 21.5. The van der Waals surface area contributed by atoms with Gasteiger partial charge in [0.05, 0.1) is 16.8 Å². The number of halogens is 4. The third-order valence-corrected chi connectivity index (χ3v) is 3.95. The van der Waals surface area contributed by atoms with Gasteiger partial charge < -0.3 is 21.1 Å². The van der Waals surface area contributed by atoms with Gasteiger partial charge in [-0.15, -0.1) is 12.4 Å². The molecular weight excluding hydrogens is 399 g/mol. The molecule has 0 saturated carbocycles. The van der Waals surface area contributed by atoms with Gasteiger partial charge in [-0.25, -0.2) is 14.8 Å². The summed E-state index contributed by atoms with van der Waals surface area (Å²) < 4.78 is 37.5. The number of nitrogens with two attached hydrogens (primary N) is 1. The number of anilines is 1. The van der Waals surface area contributed by atoms with Crippen LogP contribution >= 0.6 is 12.4 Å². The number of carboxylic acids is 1. The second kappa shape index (κ2) is 8.03. The Hall–Kier alpha value is -2.85. The van der Waals surface area contributed by atoms with Gasteiger partial charge in [0.25, 0.3) is 0 Å². The average Bonchev–Trinajstić information content (AvgIpc) is 3.03. The van der Waals surface area contributed by atoms with E-state index in [-0.39, 0.29) is 30.3 Å². The van der Waals surface area contributed by atoms with E-state index in [1.807, 2.05) is 0 Å². The molecule has 0 aliphatic carbocycles. The molecule has 28 heavy (non-hydrogen) atoms. The Bertz CT molecular complexity index is 1020. The Morgan fingerprint density at radius 3 is 2.61 bits per heavy atom. The summed E-state index contributed by atoms with van der Waals surface area (Å²) in [6.45, 7) is 0.316. The van der Waals surface area contributed by atoms with Gasteiger partial charge in [0.15, 0.2) is 0 Å². The maximum atomic E-state index is 12.5. The summed E-state index contributed by atoms with van der Waals surface area (Å²) in [4.78, 5) is 22.9. The summed E-state index contributed by atoms with van der Waals surface area (Å²) in [6.07, 6.45) is -4.39.